The van der Waals surface area contributed by atoms with Gasteiger partial charge in [-0.05, 0) is 29.9 Å². The summed E-state index contributed by atoms with van der Waals surface area (Å²) in [5, 5.41) is 24.4. The second-order valence-electron chi connectivity index (χ2n) is 8.36. The first-order chi connectivity index (χ1) is 15.3. The molecular formula is C22H24N4O5S. The Morgan fingerprint density at radius 1 is 1.28 bits per heavy atom. The van der Waals surface area contributed by atoms with Gasteiger partial charge in [-0.3, -0.25) is 20.4 Å². The van der Waals surface area contributed by atoms with E-state index in [1.54, 1.807) is 11.4 Å². The Balaban J connectivity index is 1.25. The number of piperidine rings is 1. The van der Waals surface area contributed by atoms with Crippen LogP contribution in [-0.2, 0) is 22.7 Å². The first-order valence-electron chi connectivity index (χ1n) is 10.2. The van der Waals surface area contributed by atoms with Crippen molar-refractivity contribution in [3.8, 4) is 0 Å². The van der Waals surface area contributed by atoms with E-state index in [2.05, 4.69) is 10.6 Å². The van der Waals surface area contributed by atoms with E-state index >= 15 is 0 Å². The summed E-state index contributed by atoms with van der Waals surface area (Å²) < 4.78 is 5.12. The van der Waals surface area contributed by atoms with Crippen LogP contribution in [0.15, 0.2) is 41.8 Å². The van der Waals surface area contributed by atoms with Gasteiger partial charge < -0.3 is 15.2 Å². The fourth-order valence-corrected chi connectivity index (χ4v) is 4.92. The first kappa shape index (κ1) is 21.8. The summed E-state index contributed by atoms with van der Waals surface area (Å²) in [6, 6.07) is 10.2. The quantitative estimate of drug-likeness (QED) is 0.392. The predicted octanol–water partition coefficient (Wildman–Crippen LogP) is 3.15. The Morgan fingerprint density at radius 2 is 2.03 bits per heavy atom. The lowest BCUT2D eigenvalue weighted by atomic mass is 10.0. The zero-order valence-electron chi connectivity index (χ0n) is 17.5. The summed E-state index contributed by atoms with van der Waals surface area (Å²) in [5.41, 5.74) is 1.25. The Kier molecular flexibility index (Phi) is 5.88. The highest BCUT2D eigenvalue weighted by atomic mass is 32.1. The topological polar surface area (TPSA) is 132 Å². The summed E-state index contributed by atoms with van der Waals surface area (Å²) in [6.07, 6.45) is -0.443. The standard InChI is InChI=1S/C22H24N4O5S/c1-22-8-16(26(21(29)30)17(22)9-22)19(27)24-10-15-7-14(12-32-15)18(23)25-20(28)31-11-13-5-3-2-4-6-13/h2-7,12,16-17H,8-11H2,1H3,(H,24,27)(H,29,30)(H2,23,25,28)/t16-,17-,22+/m0/s1. The third-order valence-corrected chi connectivity index (χ3v) is 6.91. The molecule has 0 bridgehead atoms. The molecule has 1 aliphatic carbocycles. The summed E-state index contributed by atoms with van der Waals surface area (Å²) in [6.45, 7) is 2.34. The monoisotopic (exact) mass is 456 g/mol. The normalized spacial score (nSPS) is 23.2. The largest absolute Gasteiger partial charge is 0.465 e. The summed E-state index contributed by atoms with van der Waals surface area (Å²) in [4.78, 5) is 38.1. The van der Waals surface area contributed by atoms with Crippen molar-refractivity contribution < 1.29 is 24.2 Å². The van der Waals surface area contributed by atoms with Gasteiger partial charge in [0.05, 0.1) is 6.54 Å². The van der Waals surface area contributed by atoms with E-state index < -0.39 is 18.2 Å². The molecule has 1 aliphatic heterocycles. The maximum Gasteiger partial charge on any atom is 0.413 e. The van der Waals surface area contributed by atoms with E-state index in [1.807, 2.05) is 37.3 Å². The highest BCUT2D eigenvalue weighted by Crippen LogP contribution is 2.59. The van der Waals surface area contributed by atoms with Crippen molar-refractivity contribution in [1.29, 1.82) is 5.41 Å². The van der Waals surface area contributed by atoms with E-state index in [-0.39, 0.29) is 36.4 Å². The summed E-state index contributed by atoms with van der Waals surface area (Å²) >= 11 is 1.34. The second-order valence-corrected chi connectivity index (χ2v) is 9.36. The molecule has 3 atom stereocenters. The third-order valence-electron chi connectivity index (χ3n) is 5.98. The maximum atomic E-state index is 12.6. The van der Waals surface area contributed by atoms with Crippen molar-refractivity contribution in [1.82, 2.24) is 15.5 Å². The zero-order chi connectivity index (χ0) is 22.9. The van der Waals surface area contributed by atoms with Gasteiger partial charge in [-0.2, -0.15) is 0 Å². The van der Waals surface area contributed by atoms with Crippen LogP contribution in [0.3, 0.4) is 0 Å². The number of carbonyl (C=O) groups excluding carboxylic acids is 2. The number of rotatable bonds is 6. The van der Waals surface area contributed by atoms with Gasteiger partial charge in [0.2, 0.25) is 5.91 Å². The number of hydrogen-bond acceptors (Lipinski definition) is 6. The Hall–Kier alpha value is -3.40. The molecule has 9 nitrogen and oxygen atoms in total. The molecule has 2 heterocycles. The van der Waals surface area contributed by atoms with Crippen molar-refractivity contribution in [2.75, 3.05) is 0 Å². The molecule has 0 spiro atoms. The number of carbonyl (C=O) groups is 3. The number of amides is 3. The number of ether oxygens (including phenoxy) is 1. The molecular weight excluding hydrogens is 432 g/mol. The van der Waals surface area contributed by atoms with Gasteiger partial charge in [0.1, 0.15) is 18.5 Å². The van der Waals surface area contributed by atoms with Crippen LogP contribution in [-0.4, -0.2) is 46.0 Å². The fraction of sp³-hybridized carbons (Fsp3) is 0.364. The molecule has 32 heavy (non-hydrogen) atoms. The number of thiophene rings is 1. The highest BCUT2D eigenvalue weighted by Gasteiger charge is 2.64. The molecule has 4 N–H and O–H groups in total. The SMILES string of the molecule is C[C@@]12C[C@@H]1N(C(=O)O)[C@H](C(=O)NCc1cc(C(=N)NC(=O)OCc3ccccc3)cs1)C2. The average molecular weight is 457 g/mol. The number of fused-ring (bicyclic) bond motifs is 1. The van der Waals surface area contributed by atoms with Crippen LogP contribution in [0, 0.1) is 10.8 Å². The number of amidine groups is 1. The number of hydrogen-bond donors (Lipinski definition) is 4. The minimum atomic E-state index is -1.06. The van der Waals surface area contributed by atoms with Crippen LogP contribution < -0.4 is 10.6 Å². The van der Waals surface area contributed by atoms with Crippen molar-refractivity contribution in [2.45, 2.75) is 45.0 Å². The van der Waals surface area contributed by atoms with Crippen LogP contribution in [0.2, 0.25) is 0 Å². The molecule has 0 radical (unpaired) electrons. The highest BCUT2D eigenvalue weighted by molar-refractivity contribution is 7.10. The van der Waals surface area contributed by atoms with E-state index in [1.165, 1.54) is 16.2 Å². The number of nitrogens with zero attached hydrogens (tertiary/aromatic N) is 1. The van der Waals surface area contributed by atoms with Crippen molar-refractivity contribution in [3.05, 3.63) is 57.8 Å². The number of nitrogens with one attached hydrogen (secondary N) is 3. The molecule has 0 unspecified atom stereocenters. The molecule has 10 heteroatoms. The van der Waals surface area contributed by atoms with Gasteiger partial charge in [-0.25, -0.2) is 9.59 Å². The van der Waals surface area contributed by atoms with Crippen LogP contribution >= 0.6 is 11.3 Å². The van der Waals surface area contributed by atoms with Gasteiger partial charge in [0, 0.05) is 21.9 Å². The molecule has 2 aromatic rings. The zero-order valence-corrected chi connectivity index (χ0v) is 18.3. The van der Waals surface area contributed by atoms with Crippen LogP contribution in [0.5, 0.6) is 0 Å². The van der Waals surface area contributed by atoms with Gasteiger partial charge in [0.25, 0.3) is 0 Å². The minimum absolute atomic E-state index is 0.0720. The number of benzene rings is 1. The summed E-state index contributed by atoms with van der Waals surface area (Å²) in [7, 11) is 0. The smallest absolute Gasteiger partial charge is 0.413 e. The lowest BCUT2D eigenvalue weighted by molar-refractivity contribution is -0.125. The first-order valence-corrected chi connectivity index (χ1v) is 11.1. The molecule has 4 rings (SSSR count). The van der Waals surface area contributed by atoms with Gasteiger partial charge in [0.15, 0.2) is 0 Å². The van der Waals surface area contributed by atoms with Gasteiger partial charge in [-0.15, -0.1) is 11.3 Å². The van der Waals surface area contributed by atoms with E-state index in [0.717, 1.165) is 16.9 Å². The molecule has 2 aliphatic rings. The fourth-order valence-electron chi connectivity index (χ4n) is 4.11. The molecule has 1 saturated carbocycles. The van der Waals surface area contributed by atoms with Crippen LogP contribution in [0.1, 0.15) is 35.8 Å². The Labute approximate surface area is 188 Å². The van der Waals surface area contributed by atoms with Gasteiger partial charge in [-0.1, -0.05) is 37.3 Å². The van der Waals surface area contributed by atoms with E-state index in [0.29, 0.717) is 12.0 Å². The molecule has 3 amide bonds. The predicted molar refractivity (Wildman–Crippen MR) is 118 cm³/mol. The molecule has 1 saturated heterocycles. The van der Waals surface area contributed by atoms with Crippen molar-refractivity contribution in [2.24, 2.45) is 5.41 Å². The molecule has 168 valence electrons. The Morgan fingerprint density at radius 3 is 2.75 bits per heavy atom. The van der Waals surface area contributed by atoms with Crippen molar-refractivity contribution >= 4 is 35.3 Å². The lowest BCUT2D eigenvalue weighted by Crippen LogP contribution is -2.47. The lowest BCUT2D eigenvalue weighted by Gasteiger charge is -2.23. The molecule has 1 aromatic carbocycles. The van der Waals surface area contributed by atoms with E-state index in [9.17, 15) is 19.5 Å². The summed E-state index contributed by atoms with van der Waals surface area (Å²) in [5.74, 6) is -0.411. The maximum absolute atomic E-state index is 12.6. The van der Waals surface area contributed by atoms with E-state index in [4.69, 9.17) is 10.1 Å². The van der Waals surface area contributed by atoms with Gasteiger partial charge >= 0.3 is 12.2 Å². The Bertz CT molecular complexity index is 1060. The van der Waals surface area contributed by atoms with Crippen LogP contribution in [0.4, 0.5) is 9.59 Å². The number of carboxylic acid groups (broad SMARTS) is 1. The molecule has 1 aromatic heterocycles. The van der Waals surface area contributed by atoms with Crippen LogP contribution in [0.25, 0.3) is 0 Å². The second kappa shape index (κ2) is 8.62. The number of likely N-dealkylation sites (tertiary alicyclic amines) is 1. The average Bonchev–Trinajstić information content (AvgIpc) is 3.11. The van der Waals surface area contributed by atoms with Crippen molar-refractivity contribution in [3.63, 3.8) is 0 Å². The molecule has 2 fully saturated rings. The number of alkyl carbamates (subject to hydrolysis) is 1. The minimum Gasteiger partial charge on any atom is -0.465 e. The third kappa shape index (κ3) is 4.59.